The first-order chi connectivity index (χ1) is 14.0. The summed E-state index contributed by atoms with van der Waals surface area (Å²) >= 11 is 5.53. The van der Waals surface area contributed by atoms with Crippen LogP contribution in [0.15, 0.2) is 85.1 Å². The van der Waals surface area contributed by atoms with E-state index in [-0.39, 0.29) is 11.6 Å². The van der Waals surface area contributed by atoms with Crippen molar-refractivity contribution in [2.45, 2.75) is 6.42 Å². The molecule has 0 fully saturated rings. The molecule has 0 spiro atoms. The van der Waals surface area contributed by atoms with Gasteiger partial charge in [0.1, 0.15) is 0 Å². The minimum Gasteiger partial charge on any atom is -0.493 e. The lowest BCUT2D eigenvalue weighted by Gasteiger charge is -2.06. The van der Waals surface area contributed by atoms with Crippen LogP contribution in [0.4, 0.5) is 5.69 Å². The Kier molecular flexibility index (Phi) is 4.97. The Morgan fingerprint density at radius 2 is 1.45 bits per heavy atom. The monoisotopic (exact) mass is 403 g/mol. The highest BCUT2D eigenvalue weighted by Crippen LogP contribution is 2.25. The summed E-state index contributed by atoms with van der Waals surface area (Å²) in [6.07, 6.45) is 2.37. The Bertz CT molecular complexity index is 1210. The second-order valence-electron chi connectivity index (χ2n) is 6.58. The highest BCUT2D eigenvalue weighted by Gasteiger charge is 2.12. The van der Waals surface area contributed by atoms with Gasteiger partial charge in [-0.25, -0.2) is 0 Å². The number of rotatable bonds is 5. The molecule has 0 saturated carbocycles. The molecule has 29 heavy (non-hydrogen) atoms. The minimum atomic E-state index is -0.467. The summed E-state index contributed by atoms with van der Waals surface area (Å²) in [7, 11) is 0. The smallest absolute Gasteiger partial charge is 0.269 e. The maximum absolute atomic E-state index is 10.8. The van der Waals surface area contributed by atoms with Crippen LogP contribution in [0.3, 0.4) is 0 Å². The van der Waals surface area contributed by atoms with E-state index in [2.05, 4.69) is 12.1 Å². The van der Waals surface area contributed by atoms with E-state index >= 15 is 0 Å². The number of aromatic hydroxyl groups is 1. The molecule has 1 heterocycles. The van der Waals surface area contributed by atoms with Crippen LogP contribution in [0, 0.1) is 14.9 Å². The summed E-state index contributed by atoms with van der Waals surface area (Å²) in [6.45, 7) is 0. The third kappa shape index (κ3) is 3.81. The average molecular weight is 403 g/mol. The van der Waals surface area contributed by atoms with Crippen LogP contribution in [0.1, 0.15) is 11.1 Å². The molecule has 4 aromatic rings. The van der Waals surface area contributed by atoms with Gasteiger partial charge >= 0.3 is 0 Å². The summed E-state index contributed by atoms with van der Waals surface area (Å²) in [6, 6.07) is 24.1. The number of benzene rings is 3. The molecule has 3 aromatic carbocycles. The van der Waals surface area contributed by atoms with Crippen molar-refractivity contribution < 1.29 is 10.0 Å². The van der Waals surface area contributed by atoms with E-state index in [1.54, 1.807) is 16.7 Å². The summed E-state index contributed by atoms with van der Waals surface area (Å²) in [5.74, 6) is -0.0442. The molecular weight excluding hydrogens is 386 g/mol. The van der Waals surface area contributed by atoms with E-state index in [9.17, 15) is 15.2 Å². The number of nitrogens with zero attached hydrogens (tertiary/aromatic N) is 3. The summed E-state index contributed by atoms with van der Waals surface area (Å²) in [5.41, 5.74) is 3.76. The van der Waals surface area contributed by atoms with Crippen LogP contribution in [-0.4, -0.2) is 19.2 Å². The van der Waals surface area contributed by atoms with Gasteiger partial charge in [-0.05, 0) is 54.0 Å². The van der Waals surface area contributed by atoms with Gasteiger partial charge in [-0.1, -0.05) is 42.5 Å². The van der Waals surface area contributed by atoms with Crippen molar-refractivity contribution in [3.8, 4) is 17.3 Å². The summed E-state index contributed by atoms with van der Waals surface area (Å²) < 4.78 is 3.54. The molecule has 7 heteroatoms. The first-order valence-corrected chi connectivity index (χ1v) is 9.35. The second kappa shape index (κ2) is 7.73. The largest absolute Gasteiger partial charge is 0.493 e. The molecule has 4 rings (SSSR count). The molecule has 0 aliphatic rings. The fraction of sp³-hybridized carbons (Fsp3) is 0.0455. The standard InChI is InChI=1S/C22H17N3O3S/c26-21-15-23(22(29)24(21)19-10-12-20(13-11-19)25(27)28)18-8-6-17(7-9-18)14-16-4-2-1-3-5-16/h1-13,15,26H,14H2. The summed E-state index contributed by atoms with van der Waals surface area (Å²) in [5, 5.41) is 21.2. The first kappa shape index (κ1) is 18.6. The van der Waals surface area contributed by atoms with E-state index in [4.69, 9.17) is 12.2 Å². The van der Waals surface area contributed by atoms with Crippen molar-refractivity contribution in [3.05, 3.63) is 111 Å². The van der Waals surface area contributed by atoms with Crippen LogP contribution in [-0.2, 0) is 6.42 Å². The second-order valence-corrected chi connectivity index (χ2v) is 6.94. The first-order valence-electron chi connectivity index (χ1n) is 8.94. The normalized spacial score (nSPS) is 10.8. The molecule has 0 amide bonds. The van der Waals surface area contributed by atoms with Crippen molar-refractivity contribution in [2.75, 3.05) is 0 Å². The van der Waals surface area contributed by atoms with Crippen molar-refractivity contribution in [1.82, 2.24) is 9.13 Å². The zero-order chi connectivity index (χ0) is 20.4. The van der Waals surface area contributed by atoms with Crippen LogP contribution in [0.5, 0.6) is 5.88 Å². The lowest BCUT2D eigenvalue weighted by atomic mass is 10.0. The molecule has 0 unspecified atom stereocenters. The van der Waals surface area contributed by atoms with Gasteiger partial charge in [-0.3, -0.25) is 19.2 Å². The maximum Gasteiger partial charge on any atom is 0.269 e. The highest BCUT2D eigenvalue weighted by molar-refractivity contribution is 7.71. The van der Waals surface area contributed by atoms with Gasteiger partial charge in [0.15, 0.2) is 4.77 Å². The summed E-state index contributed by atoms with van der Waals surface area (Å²) in [4.78, 5) is 10.4. The van der Waals surface area contributed by atoms with Crippen LogP contribution in [0.2, 0.25) is 0 Å². The highest BCUT2D eigenvalue weighted by atomic mass is 32.1. The number of nitro benzene ring substituents is 1. The molecule has 0 radical (unpaired) electrons. The topological polar surface area (TPSA) is 73.2 Å². The van der Waals surface area contributed by atoms with Crippen LogP contribution < -0.4 is 0 Å². The number of imidazole rings is 1. The molecule has 0 saturated heterocycles. The Morgan fingerprint density at radius 3 is 2.07 bits per heavy atom. The lowest BCUT2D eigenvalue weighted by molar-refractivity contribution is -0.384. The Morgan fingerprint density at radius 1 is 0.862 bits per heavy atom. The fourth-order valence-corrected chi connectivity index (χ4v) is 3.55. The Balaban J connectivity index is 1.63. The van der Waals surface area contributed by atoms with Gasteiger partial charge in [-0.2, -0.15) is 0 Å². The zero-order valence-corrected chi connectivity index (χ0v) is 16.1. The van der Waals surface area contributed by atoms with Gasteiger partial charge in [0.2, 0.25) is 5.88 Å². The van der Waals surface area contributed by atoms with Gasteiger partial charge in [0.25, 0.3) is 5.69 Å². The van der Waals surface area contributed by atoms with Crippen molar-refractivity contribution >= 4 is 17.9 Å². The molecule has 1 aromatic heterocycles. The number of non-ortho nitro benzene ring substituents is 1. The average Bonchev–Trinajstić information content (AvgIpc) is 3.03. The number of hydrogen-bond acceptors (Lipinski definition) is 4. The van der Waals surface area contributed by atoms with Gasteiger partial charge < -0.3 is 5.11 Å². The Hall–Kier alpha value is -3.71. The van der Waals surface area contributed by atoms with Gasteiger partial charge in [0, 0.05) is 17.8 Å². The molecule has 0 aliphatic carbocycles. The Labute approximate surface area is 172 Å². The lowest BCUT2D eigenvalue weighted by Crippen LogP contribution is -1.98. The van der Waals surface area contributed by atoms with Crippen LogP contribution >= 0.6 is 12.2 Å². The van der Waals surface area contributed by atoms with Gasteiger partial charge in [-0.15, -0.1) is 0 Å². The van der Waals surface area contributed by atoms with Crippen molar-refractivity contribution in [3.63, 3.8) is 0 Å². The fourth-order valence-electron chi connectivity index (χ4n) is 3.19. The molecule has 0 atom stereocenters. The number of nitro groups is 1. The SMILES string of the molecule is O=[N+]([O-])c1ccc(-n2c(O)cn(-c3ccc(Cc4ccccc4)cc3)c2=S)cc1. The van der Waals surface area contributed by atoms with E-state index in [1.807, 2.05) is 42.5 Å². The molecule has 144 valence electrons. The molecule has 1 N–H and O–H groups in total. The number of hydrogen-bond donors (Lipinski definition) is 1. The van der Waals surface area contributed by atoms with E-state index in [0.717, 1.165) is 12.1 Å². The molecule has 0 bridgehead atoms. The molecular formula is C22H17N3O3S. The van der Waals surface area contributed by atoms with Gasteiger partial charge in [0.05, 0.1) is 16.8 Å². The molecule has 0 aliphatic heterocycles. The predicted octanol–water partition coefficient (Wildman–Crippen LogP) is 5.20. The predicted molar refractivity (Wildman–Crippen MR) is 113 cm³/mol. The maximum atomic E-state index is 10.8. The van der Waals surface area contributed by atoms with Crippen molar-refractivity contribution in [1.29, 1.82) is 0 Å². The number of aromatic nitrogens is 2. The third-order valence-electron chi connectivity index (χ3n) is 4.66. The minimum absolute atomic E-state index is 0.0202. The third-order valence-corrected chi connectivity index (χ3v) is 5.03. The van der Waals surface area contributed by atoms with E-state index in [1.165, 1.54) is 34.0 Å². The molecule has 6 nitrogen and oxygen atoms in total. The van der Waals surface area contributed by atoms with E-state index in [0.29, 0.717) is 10.5 Å². The zero-order valence-electron chi connectivity index (χ0n) is 15.3. The van der Waals surface area contributed by atoms with Crippen LogP contribution in [0.25, 0.3) is 11.4 Å². The van der Waals surface area contributed by atoms with Crippen molar-refractivity contribution in [2.24, 2.45) is 0 Å². The quantitative estimate of drug-likeness (QED) is 0.282. The van der Waals surface area contributed by atoms with E-state index < -0.39 is 4.92 Å².